The van der Waals surface area contributed by atoms with Crippen LogP contribution in [0.3, 0.4) is 0 Å². The van der Waals surface area contributed by atoms with E-state index in [4.69, 9.17) is 9.72 Å². The third-order valence-electron chi connectivity index (χ3n) is 6.74. The molecule has 0 amide bonds. The van der Waals surface area contributed by atoms with Crippen molar-refractivity contribution in [1.29, 1.82) is 0 Å². The van der Waals surface area contributed by atoms with E-state index in [1.54, 1.807) is 18.7 Å². The Morgan fingerprint density at radius 2 is 1.63 bits per heavy atom. The first-order valence-electron chi connectivity index (χ1n) is 11.8. The molecule has 0 N–H and O–H groups in total. The van der Waals surface area contributed by atoms with Crippen molar-refractivity contribution in [2.24, 2.45) is 19.5 Å². The normalized spacial score (nSPS) is 15.1. The number of benzene rings is 1. The number of nitrogens with zero attached hydrogens (tertiary/aromatic N) is 6. The molecule has 0 spiro atoms. The number of fused-ring (bicyclic) bond motifs is 1. The third kappa shape index (κ3) is 4.75. The van der Waals surface area contributed by atoms with E-state index in [1.165, 1.54) is 11.6 Å². The summed E-state index contributed by atoms with van der Waals surface area (Å²) in [6.07, 6.45) is 0. The number of aryl methyl sites for hydroxylation is 1. The third-order valence-corrected chi connectivity index (χ3v) is 6.74. The van der Waals surface area contributed by atoms with Crippen LogP contribution in [-0.4, -0.2) is 62.7 Å². The van der Waals surface area contributed by atoms with Crippen molar-refractivity contribution in [3.05, 3.63) is 50.9 Å². The minimum atomic E-state index is -0.566. The standard InChI is InChI=1S/C25H34N6O4/c1-25(2,3)19(32)15-31-20(26-22-21(31)23(33)28(5)24(34)27(22)4)16-29-11-13-30(14-12-29)17-7-9-18(35-6)10-8-17/h7-10H,11-16H2,1-6H3. The number of hydrogen-bond acceptors (Lipinski definition) is 7. The van der Waals surface area contributed by atoms with Gasteiger partial charge in [0.25, 0.3) is 5.56 Å². The van der Waals surface area contributed by atoms with Crippen LogP contribution in [0.25, 0.3) is 11.2 Å². The van der Waals surface area contributed by atoms with Gasteiger partial charge in [-0.05, 0) is 24.3 Å². The Labute approximate surface area is 204 Å². The zero-order valence-corrected chi connectivity index (χ0v) is 21.4. The van der Waals surface area contributed by atoms with Gasteiger partial charge in [-0.15, -0.1) is 0 Å². The average Bonchev–Trinajstić information content (AvgIpc) is 3.19. The molecular formula is C25H34N6O4. The number of aromatic nitrogens is 4. The van der Waals surface area contributed by atoms with E-state index in [1.807, 2.05) is 32.9 Å². The van der Waals surface area contributed by atoms with Crippen molar-refractivity contribution in [2.75, 3.05) is 38.2 Å². The summed E-state index contributed by atoms with van der Waals surface area (Å²) in [5.41, 5.74) is 0.309. The van der Waals surface area contributed by atoms with E-state index in [0.717, 1.165) is 42.2 Å². The molecule has 2 aromatic heterocycles. The Bertz CT molecular complexity index is 1350. The Balaban J connectivity index is 1.62. The number of imidazole rings is 1. The lowest BCUT2D eigenvalue weighted by Gasteiger charge is -2.36. The number of ether oxygens (including phenoxy) is 1. The van der Waals surface area contributed by atoms with Gasteiger partial charge in [-0.25, -0.2) is 9.78 Å². The highest BCUT2D eigenvalue weighted by Crippen LogP contribution is 2.22. The molecule has 0 bridgehead atoms. The Morgan fingerprint density at radius 1 is 1.00 bits per heavy atom. The molecule has 4 rings (SSSR count). The summed E-state index contributed by atoms with van der Waals surface area (Å²) in [6, 6.07) is 8.03. The van der Waals surface area contributed by atoms with Crippen LogP contribution in [0.5, 0.6) is 5.75 Å². The summed E-state index contributed by atoms with van der Waals surface area (Å²) in [5.74, 6) is 1.45. The van der Waals surface area contributed by atoms with E-state index in [0.29, 0.717) is 23.5 Å². The van der Waals surface area contributed by atoms with Crippen LogP contribution >= 0.6 is 0 Å². The van der Waals surface area contributed by atoms with Crippen molar-refractivity contribution in [3.8, 4) is 5.75 Å². The highest BCUT2D eigenvalue weighted by Gasteiger charge is 2.27. The topological polar surface area (TPSA) is 94.6 Å². The first kappa shape index (κ1) is 24.7. The number of carbonyl (C=O) groups is 1. The maximum absolute atomic E-state index is 13.1. The second-order valence-corrected chi connectivity index (χ2v) is 10.1. The molecule has 3 heterocycles. The summed E-state index contributed by atoms with van der Waals surface area (Å²) in [7, 11) is 4.71. The minimum Gasteiger partial charge on any atom is -0.497 e. The fourth-order valence-corrected chi connectivity index (χ4v) is 4.32. The number of ketones is 1. The molecular weight excluding hydrogens is 448 g/mol. The zero-order chi connectivity index (χ0) is 25.5. The van der Waals surface area contributed by atoms with Crippen LogP contribution in [0.4, 0.5) is 5.69 Å². The second-order valence-electron chi connectivity index (χ2n) is 10.1. The summed E-state index contributed by atoms with van der Waals surface area (Å²) in [5, 5.41) is 0. The molecule has 0 unspecified atom stereocenters. The molecule has 0 aliphatic carbocycles. The van der Waals surface area contributed by atoms with E-state index in [-0.39, 0.29) is 12.3 Å². The number of rotatable bonds is 6. The monoisotopic (exact) mass is 482 g/mol. The maximum atomic E-state index is 13.1. The molecule has 3 aromatic rings. The van der Waals surface area contributed by atoms with Crippen molar-refractivity contribution >= 4 is 22.6 Å². The van der Waals surface area contributed by atoms with Crippen LogP contribution < -0.4 is 20.9 Å². The van der Waals surface area contributed by atoms with E-state index in [9.17, 15) is 14.4 Å². The summed E-state index contributed by atoms with van der Waals surface area (Å²) in [6.45, 7) is 9.40. The van der Waals surface area contributed by atoms with Gasteiger partial charge in [-0.2, -0.15) is 0 Å². The van der Waals surface area contributed by atoms with Gasteiger partial charge in [-0.3, -0.25) is 23.6 Å². The maximum Gasteiger partial charge on any atom is 0.332 e. The lowest BCUT2D eigenvalue weighted by Crippen LogP contribution is -2.46. The lowest BCUT2D eigenvalue weighted by atomic mass is 9.91. The minimum absolute atomic E-state index is 0.00159. The molecule has 188 valence electrons. The molecule has 1 aliphatic rings. The second kappa shape index (κ2) is 9.33. The van der Waals surface area contributed by atoms with Crippen LogP contribution in [0.2, 0.25) is 0 Å². The van der Waals surface area contributed by atoms with Gasteiger partial charge in [0.2, 0.25) is 0 Å². The molecule has 1 fully saturated rings. The Hall–Kier alpha value is -3.40. The predicted octanol–water partition coefficient (Wildman–Crippen LogP) is 1.38. The van der Waals surface area contributed by atoms with Gasteiger partial charge in [0.15, 0.2) is 16.9 Å². The zero-order valence-electron chi connectivity index (χ0n) is 21.4. The molecule has 1 aromatic carbocycles. The van der Waals surface area contributed by atoms with Crippen LogP contribution in [-0.2, 0) is 32.0 Å². The molecule has 1 saturated heterocycles. The molecule has 10 heteroatoms. The van der Waals surface area contributed by atoms with Crippen molar-refractivity contribution in [3.63, 3.8) is 0 Å². The SMILES string of the molecule is COc1ccc(N2CCN(Cc3nc4c(c(=O)n(C)c(=O)n4C)n3CC(=O)C(C)(C)C)CC2)cc1. The number of carbonyl (C=O) groups excluding carboxylic acids is 1. The number of piperazine rings is 1. The highest BCUT2D eigenvalue weighted by molar-refractivity contribution is 5.85. The van der Waals surface area contributed by atoms with Gasteiger partial charge in [0, 0.05) is 51.4 Å². The molecule has 10 nitrogen and oxygen atoms in total. The van der Waals surface area contributed by atoms with E-state index < -0.39 is 16.7 Å². The van der Waals surface area contributed by atoms with Crippen molar-refractivity contribution in [2.45, 2.75) is 33.9 Å². The summed E-state index contributed by atoms with van der Waals surface area (Å²) >= 11 is 0. The number of hydrogen-bond donors (Lipinski definition) is 0. The molecule has 35 heavy (non-hydrogen) atoms. The van der Waals surface area contributed by atoms with Gasteiger partial charge in [0.05, 0.1) is 20.2 Å². The smallest absolute Gasteiger partial charge is 0.332 e. The summed E-state index contributed by atoms with van der Waals surface area (Å²) < 4.78 is 9.40. The predicted molar refractivity (Wildman–Crippen MR) is 135 cm³/mol. The first-order chi connectivity index (χ1) is 16.5. The lowest BCUT2D eigenvalue weighted by molar-refractivity contribution is -0.126. The van der Waals surface area contributed by atoms with Crippen molar-refractivity contribution < 1.29 is 9.53 Å². The molecule has 0 saturated carbocycles. The number of methoxy groups -OCH3 is 1. The fourth-order valence-electron chi connectivity index (χ4n) is 4.32. The van der Waals surface area contributed by atoms with Crippen molar-refractivity contribution in [1.82, 2.24) is 23.6 Å². The van der Waals surface area contributed by atoms with Crippen LogP contribution in [0.15, 0.2) is 33.9 Å². The fraction of sp³-hybridized carbons (Fsp3) is 0.520. The molecule has 1 aliphatic heterocycles. The largest absolute Gasteiger partial charge is 0.497 e. The van der Waals surface area contributed by atoms with Gasteiger partial charge in [-0.1, -0.05) is 20.8 Å². The average molecular weight is 483 g/mol. The molecule has 0 radical (unpaired) electrons. The molecule has 0 atom stereocenters. The van der Waals surface area contributed by atoms with Gasteiger partial charge >= 0.3 is 5.69 Å². The highest BCUT2D eigenvalue weighted by atomic mass is 16.5. The van der Waals surface area contributed by atoms with E-state index in [2.05, 4.69) is 21.9 Å². The Kier molecular flexibility index (Phi) is 6.59. The first-order valence-corrected chi connectivity index (χ1v) is 11.8. The van der Waals surface area contributed by atoms with E-state index >= 15 is 0 Å². The van der Waals surface area contributed by atoms with Gasteiger partial charge < -0.3 is 14.2 Å². The van der Waals surface area contributed by atoms with Crippen LogP contribution in [0.1, 0.15) is 26.6 Å². The van der Waals surface area contributed by atoms with Crippen LogP contribution in [0, 0.1) is 5.41 Å². The number of anilines is 1. The summed E-state index contributed by atoms with van der Waals surface area (Å²) in [4.78, 5) is 47.8. The van der Waals surface area contributed by atoms with Gasteiger partial charge in [0.1, 0.15) is 11.6 Å². The Morgan fingerprint density at radius 3 is 2.20 bits per heavy atom. The quantitative estimate of drug-likeness (QED) is 0.524. The number of Topliss-reactive ketones (excluding diaryl/α,β-unsaturated/α-hetero) is 1.